The summed E-state index contributed by atoms with van der Waals surface area (Å²) >= 11 is 0. The highest BCUT2D eigenvalue weighted by Gasteiger charge is 2.10. The largest absolute Gasteiger partial charge is 0.494 e. The zero-order valence-electron chi connectivity index (χ0n) is 26.4. The lowest BCUT2D eigenvalue weighted by Crippen LogP contribution is -2.04. The van der Waals surface area contributed by atoms with Crippen molar-refractivity contribution < 1.29 is 13.9 Å². The average molecular weight is 561 g/mol. The van der Waals surface area contributed by atoms with Crippen LogP contribution in [0.3, 0.4) is 0 Å². The van der Waals surface area contributed by atoms with Gasteiger partial charge in [-0.2, -0.15) is 0 Å². The summed E-state index contributed by atoms with van der Waals surface area (Å²) < 4.78 is 27.1. The van der Waals surface area contributed by atoms with Gasteiger partial charge in [0.15, 0.2) is 0 Å². The van der Waals surface area contributed by atoms with Crippen LogP contribution in [0.5, 0.6) is 11.5 Å². The van der Waals surface area contributed by atoms with Crippen LogP contribution in [0.25, 0.3) is 22.3 Å². The Morgan fingerprint density at radius 3 is 1.39 bits per heavy atom. The van der Waals surface area contributed by atoms with Crippen LogP contribution >= 0.6 is 0 Å². The standard InChI is InChI=1S/C38H53FO2/c1-28(2)9-7-11-30(5)23-25-40-35-18-13-32(14-19-35)34-17-22-37(38(39)27-34)33-15-20-36(21-16-33)41-26-24-31(6)12-8-10-29(3)4/h13-22,27-31H,7-12,23-26H2,1-6H3. The van der Waals surface area contributed by atoms with E-state index in [0.717, 1.165) is 59.5 Å². The normalized spacial score (nSPS) is 13.0. The van der Waals surface area contributed by atoms with Gasteiger partial charge in [0, 0.05) is 5.56 Å². The molecule has 2 nitrogen and oxygen atoms in total. The smallest absolute Gasteiger partial charge is 0.131 e. The third kappa shape index (κ3) is 11.9. The van der Waals surface area contributed by atoms with Gasteiger partial charge in [-0.05, 0) is 83.5 Å². The van der Waals surface area contributed by atoms with Crippen LogP contribution < -0.4 is 9.47 Å². The Morgan fingerprint density at radius 1 is 0.512 bits per heavy atom. The quantitative estimate of drug-likeness (QED) is 0.154. The first-order valence-electron chi connectivity index (χ1n) is 16.0. The summed E-state index contributed by atoms with van der Waals surface area (Å²) in [5.41, 5.74) is 3.29. The number of hydrogen-bond acceptors (Lipinski definition) is 2. The summed E-state index contributed by atoms with van der Waals surface area (Å²) in [5, 5.41) is 0. The van der Waals surface area contributed by atoms with Gasteiger partial charge < -0.3 is 9.47 Å². The van der Waals surface area contributed by atoms with Crippen LogP contribution in [0.1, 0.15) is 92.9 Å². The second-order valence-electron chi connectivity index (χ2n) is 12.9. The SMILES string of the molecule is CC(C)CCCC(C)CCOc1ccc(-c2ccc(-c3ccc(OCCC(C)CCCC(C)C)cc3)c(F)c2)cc1. The van der Waals surface area contributed by atoms with Crippen molar-refractivity contribution >= 4 is 0 Å². The third-order valence-electron chi connectivity index (χ3n) is 8.04. The van der Waals surface area contributed by atoms with Crippen molar-refractivity contribution in [2.75, 3.05) is 13.2 Å². The molecule has 0 saturated carbocycles. The Balaban J connectivity index is 1.47. The molecule has 0 bridgehead atoms. The van der Waals surface area contributed by atoms with Crippen LogP contribution in [0.4, 0.5) is 4.39 Å². The van der Waals surface area contributed by atoms with Gasteiger partial charge in [0.25, 0.3) is 0 Å². The number of ether oxygens (including phenoxy) is 2. The maximum atomic E-state index is 15.2. The predicted molar refractivity (Wildman–Crippen MR) is 173 cm³/mol. The lowest BCUT2D eigenvalue weighted by molar-refractivity contribution is 0.275. The monoisotopic (exact) mass is 560 g/mol. The molecule has 0 aliphatic rings. The van der Waals surface area contributed by atoms with E-state index in [0.29, 0.717) is 24.0 Å². The Hall–Kier alpha value is -2.81. The van der Waals surface area contributed by atoms with Crippen molar-refractivity contribution in [3.8, 4) is 33.8 Å². The molecule has 0 saturated heterocycles. The first-order valence-corrected chi connectivity index (χ1v) is 16.0. The van der Waals surface area contributed by atoms with Crippen LogP contribution in [0.2, 0.25) is 0 Å². The Kier molecular flexibility index (Phi) is 13.7. The van der Waals surface area contributed by atoms with Crippen LogP contribution in [0.15, 0.2) is 66.7 Å². The lowest BCUT2D eigenvalue weighted by atomic mass is 9.97. The van der Waals surface area contributed by atoms with Gasteiger partial charge in [-0.1, -0.05) is 116 Å². The maximum Gasteiger partial charge on any atom is 0.131 e. The van der Waals surface area contributed by atoms with Gasteiger partial charge in [0.05, 0.1) is 13.2 Å². The minimum atomic E-state index is -0.224. The van der Waals surface area contributed by atoms with Crippen molar-refractivity contribution in [3.05, 3.63) is 72.5 Å². The fourth-order valence-electron chi connectivity index (χ4n) is 5.20. The molecule has 2 unspecified atom stereocenters. The highest BCUT2D eigenvalue weighted by molar-refractivity contribution is 5.71. The van der Waals surface area contributed by atoms with Gasteiger partial charge in [-0.3, -0.25) is 0 Å². The molecule has 0 amide bonds. The molecular weight excluding hydrogens is 507 g/mol. The molecule has 0 radical (unpaired) electrons. The number of benzene rings is 3. The predicted octanol–water partition coefficient (Wildman–Crippen LogP) is 11.6. The summed E-state index contributed by atoms with van der Waals surface area (Å²) in [4.78, 5) is 0. The first kappa shape index (κ1) is 32.7. The molecule has 3 heteroatoms. The minimum absolute atomic E-state index is 0.224. The molecule has 0 N–H and O–H groups in total. The van der Waals surface area contributed by atoms with Crippen LogP contribution in [-0.2, 0) is 0 Å². The van der Waals surface area contributed by atoms with Crippen molar-refractivity contribution in [2.45, 2.75) is 92.9 Å². The number of halogens is 1. The molecule has 0 aliphatic carbocycles. The highest BCUT2D eigenvalue weighted by Crippen LogP contribution is 2.30. The van der Waals surface area contributed by atoms with Gasteiger partial charge in [0.2, 0.25) is 0 Å². The van der Waals surface area contributed by atoms with Crippen LogP contribution in [0, 0.1) is 29.5 Å². The zero-order chi connectivity index (χ0) is 29.6. The average Bonchev–Trinajstić information content (AvgIpc) is 2.93. The topological polar surface area (TPSA) is 18.5 Å². The molecule has 41 heavy (non-hydrogen) atoms. The summed E-state index contributed by atoms with van der Waals surface area (Å²) in [6.45, 7) is 15.2. The van der Waals surface area contributed by atoms with E-state index in [9.17, 15) is 0 Å². The van der Waals surface area contributed by atoms with E-state index in [-0.39, 0.29) is 5.82 Å². The minimum Gasteiger partial charge on any atom is -0.494 e. The van der Waals surface area contributed by atoms with E-state index in [1.54, 1.807) is 6.07 Å². The molecule has 3 aromatic rings. The Bertz CT molecular complexity index is 1130. The van der Waals surface area contributed by atoms with Crippen molar-refractivity contribution in [3.63, 3.8) is 0 Å². The van der Waals surface area contributed by atoms with E-state index >= 15 is 4.39 Å². The van der Waals surface area contributed by atoms with E-state index < -0.39 is 0 Å². The first-order chi connectivity index (χ1) is 19.7. The molecular formula is C38H53FO2. The van der Waals surface area contributed by atoms with Gasteiger partial charge in [0.1, 0.15) is 17.3 Å². The molecule has 2 atom stereocenters. The second kappa shape index (κ2) is 17.2. The van der Waals surface area contributed by atoms with Crippen molar-refractivity contribution in [1.29, 1.82) is 0 Å². The van der Waals surface area contributed by atoms with Gasteiger partial charge in [-0.15, -0.1) is 0 Å². The maximum absolute atomic E-state index is 15.2. The number of hydrogen-bond donors (Lipinski definition) is 0. The second-order valence-corrected chi connectivity index (χ2v) is 12.9. The fraction of sp³-hybridized carbons (Fsp3) is 0.526. The Morgan fingerprint density at radius 2 is 0.951 bits per heavy atom. The van der Waals surface area contributed by atoms with E-state index in [1.807, 2.05) is 60.7 Å². The molecule has 3 aromatic carbocycles. The Labute approximate surface area is 249 Å². The summed E-state index contributed by atoms with van der Waals surface area (Å²) in [6.07, 6.45) is 9.82. The molecule has 0 spiro atoms. The highest BCUT2D eigenvalue weighted by atomic mass is 19.1. The summed E-state index contributed by atoms with van der Waals surface area (Å²) in [7, 11) is 0. The van der Waals surface area contributed by atoms with E-state index in [1.165, 1.54) is 38.5 Å². The van der Waals surface area contributed by atoms with Crippen LogP contribution in [-0.4, -0.2) is 13.2 Å². The third-order valence-corrected chi connectivity index (χ3v) is 8.04. The molecule has 0 fully saturated rings. The summed E-state index contributed by atoms with van der Waals surface area (Å²) in [5.74, 6) is 4.38. The van der Waals surface area contributed by atoms with E-state index in [4.69, 9.17) is 9.47 Å². The fourth-order valence-corrected chi connectivity index (χ4v) is 5.20. The molecule has 224 valence electrons. The number of rotatable bonds is 18. The van der Waals surface area contributed by atoms with E-state index in [2.05, 4.69) is 41.5 Å². The summed E-state index contributed by atoms with van der Waals surface area (Å²) in [6, 6.07) is 21.2. The molecule has 0 heterocycles. The van der Waals surface area contributed by atoms with Crippen molar-refractivity contribution in [2.24, 2.45) is 23.7 Å². The zero-order valence-corrected chi connectivity index (χ0v) is 26.4. The lowest BCUT2D eigenvalue weighted by Gasteiger charge is -2.14. The van der Waals surface area contributed by atoms with Gasteiger partial charge >= 0.3 is 0 Å². The van der Waals surface area contributed by atoms with Gasteiger partial charge in [-0.25, -0.2) is 4.39 Å². The molecule has 0 aliphatic heterocycles. The molecule has 3 rings (SSSR count). The molecule has 0 aromatic heterocycles. The van der Waals surface area contributed by atoms with Crippen molar-refractivity contribution in [1.82, 2.24) is 0 Å².